The lowest BCUT2D eigenvalue weighted by atomic mass is 10.1. The summed E-state index contributed by atoms with van der Waals surface area (Å²) in [6.45, 7) is 2.21. The molecule has 2 N–H and O–H groups in total. The molecule has 18 heavy (non-hydrogen) atoms. The third kappa shape index (κ3) is 2.55. The highest BCUT2D eigenvalue weighted by Crippen LogP contribution is 2.28. The number of methoxy groups -OCH3 is 1. The molecule has 3 nitrogen and oxygen atoms in total. The van der Waals surface area contributed by atoms with Crippen molar-refractivity contribution in [1.29, 1.82) is 0 Å². The maximum absolute atomic E-state index is 5.99. The van der Waals surface area contributed by atoms with Crippen molar-refractivity contribution in [2.75, 3.05) is 12.8 Å². The van der Waals surface area contributed by atoms with Crippen LogP contribution in [0.4, 0.5) is 5.69 Å². The van der Waals surface area contributed by atoms with Gasteiger partial charge in [0.1, 0.15) is 5.75 Å². The van der Waals surface area contributed by atoms with Gasteiger partial charge in [0.25, 0.3) is 0 Å². The molecule has 0 radical (unpaired) electrons. The van der Waals surface area contributed by atoms with Gasteiger partial charge in [-0.15, -0.1) is 0 Å². The molecule has 1 aromatic heterocycles. The maximum Gasteiger partial charge on any atom is 0.128 e. The number of aryl methyl sites for hydroxylation is 1. The highest BCUT2D eigenvalue weighted by molar-refractivity contribution is 5.94. The SMILES string of the molecule is CCCCCc1ccc2c(OC)ccc(N)c2n1. The summed E-state index contributed by atoms with van der Waals surface area (Å²) in [5.41, 5.74) is 8.65. The summed E-state index contributed by atoms with van der Waals surface area (Å²) in [5, 5.41) is 0.983. The largest absolute Gasteiger partial charge is 0.496 e. The Balaban J connectivity index is 2.35. The van der Waals surface area contributed by atoms with Gasteiger partial charge in [-0.1, -0.05) is 19.8 Å². The zero-order valence-electron chi connectivity index (χ0n) is 11.1. The molecule has 0 fully saturated rings. The number of hydrogen-bond acceptors (Lipinski definition) is 3. The van der Waals surface area contributed by atoms with E-state index in [2.05, 4.69) is 24.0 Å². The maximum atomic E-state index is 5.99. The molecular formula is C15H20N2O. The van der Waals surface area contributed by atoms with Gasteiger partial charge in [-0.3, -0.25) is 4.98 Å². The fourth-order valence-electron chi connectivity index (χ4n) is 2.13. The second kappa shape index (κ2) is 5.71. The number of nitrogens with two attached hydrogens (primary N) is 1. The van der Waals surface area contributed by atoms with E-state index in [4.69, 9.17) is 10.5 Å². The number of fused-ring (bicyclic) bond motifs is 1. The molecule has 2 aromatic rings. The van der Waals surface area contributed by atoms with E-state index in [1.165, 1.54) is 19.3 Å². The molecule has 2 rings (SSSR count). The van der Waals surface area contributed by atoms with Crippen molar-refractivity contribution in [2.24, 2.45) is 0 Å². The number of hydrogen-bond donors (Lipinski definition) is 1. The van der Waals surface area contributed by atoms with Crippen LogP contribution in [-0.2, 0) is 6.42 Å². The minimum atomic E-state index is 0.711. The minimum absolute atomic E-state index is 0.711. The summed E-state index contributed by atoms with van der Waals surface area (Å²) in [6, 6.07) is 7.86. The molecular weight excluding hydrogens is 224 g/mol. The van der Waals surface area contributed by atoms with Crippen molar-refractivity contribution in [3.8, 4) is 5.75 Å². The number of benzene rings is 1. The zero-order chi connectivity index (χ0) is 13.0. The topological polar surface area (TPSA) is 48.1 Å². The first kappa shape index (κ1) is 12.7. The van der Waals surface area contributed by atoms with Gasteiger partial charge in [0.05, 0.1) is 18.3 Å². The molecule has 0 aliphatic carbocycles. The number of nitrogens with zero attached hydrogens (tertiary/aromatic N) is 1. The molecule has 0 aliphatic heterocycles. The average Bonchev–Trinajstić information content (AvgIpc) is 2.40. The Hall–Kier alpha value is -1.77. The molecule has 0 amide bonds. The number of rotatable bonds is 5. The van der Waals surface area contributed by atoms with Crippen LogP contribution in [0.5, 0.6) is 5.75 Å². The number of ether oxygens (including phenoxy) is 1. The van der Waals surface area contributed by atoms with Crippen LogP contribution in [0, 0.1) is 0 Å². The Morgan fingerprint density at radius 2 is 2.00 bits per heavy atom. The van der Waals surface area contributed by atoms with E-state index in [0.717, 1.165) is 28.8 Å². The van der Waals surface area contributed by atoms with Crippen molar-refractivity contribution in [3.63, 3.8) is 0 Å². The van der Waals surface area contributed by atoms with Crippen LogP contribution >= 0.6 is 0 Å². The van der Waals surface area contributed by atoms with E-state index in [9.17, 15) is 0 Å². The fraction of sp³-hybridized carbons (Fsp3) is 0.400. The van der Waals surface area contributed by atoms with E-state index in [1.54, 1.807) is 7.11 Å². The van der Waals surface area contributed by atoms with E-state index in [1.807, 2.05) is 12.1 Å². The van der Waals surface area contributed by atoms with Crippen molar-refractivity contribution >= 4 is 16.6 Å². The number of anilines is 1. The molecule has 0 saturated heterocycles. The van der Waals surface area contributed by atoms with Gasteiger partial charge in [0, 0.05) is 11.1 Å². The van der Waals surface area contributed by atoms with Crippen LogP contribution in [0.25, 0.3) is 10.9 Å². The van der Waals surface area contributed by atoms with Gasteiger partial charge in [-0.05, 0) is 37.1 Å². The summed E-state index contributed by atoms with van der Waals surface area (Å²) in [7, 11) is 1.67. The van der Waals surface area contributed by atoms with E-state index in [0.29, 0.717) is 5.69 Å². The third-order valence-corrected chi connectivity index (χ3v) is 3.16. The van der Waals surface area contributed by atoms with Gasteiger partial charge < -0.3 is 10.5 Å². The lowest BCUT2D eigenvalue weighted by molar-refractivity contribution is 0.420. The van der Waals surface area contributed by atoms with Crippen molar-refractivity contribution in [2.45, 2.75) is 32.6 Å². The number of nitrogen functional groups attached to an aromatic ring is 1. The molecule has 0 atom stereocenters. The second-order valence-electron chi connectivity index (χ2n) is 4.51. The fourth-order valence-corrected chi connectivity index (χ4v) is 2.13. The monoisotopic (exact) mass is 244 g/mol. The van der Waals surface area contributed by atoms with Gasteiger partial charge >= 0.3 is 0 Å². The molecule has 3 heteroatoms. The molecule has 0 unspecified atom stereocenters. The Morgan fingerprint density at radius 1 is 1.17 bits per heavy atom. The molecule has 0 bridgehead atoms. The summed E-state index contributed by atoms with van der Waals surface area (Å²) in [4.78, 5) is 4.65. The normalized spacial score (nSPS) is 10.8. The predicted octanol–water partition coefficient (Wildman–Crippen LogP) is 3.56. The Bertz CT molecular complexity index is 537. The third-order valence-electron chi connectivity index (χ3n) is 3.16. The first-order chi connectivity index (χ1) is 8.76. The molecule has 96 valence electrons. The lowest BCUT2D eigenvalue weighted by Gasteiger charge is -2.08. The molecule has 1 aromatic carbocycles. The molecule has 1 heterocycles. The van der Waals surface area contributed by atoms with E-state index < -0.39 is 0 Å². The first-order valence-corrected chi connectivity index (χ1v) is 6.48. The molecule has 0 saturated carbocycles. The number of aromatic nitrogens is 1. The zero-order valence-corrected chi connectivity index (χ0v) is 11.1. The minimum Gasteiger partial charge on any atom is -0.496 e. The van der Waals surface area contributed by atoms with Crippen LogP contribution in [0.15, 0.2) is 24.3 Å². The number of unbranched alkanes of at least 4 members (excludes halogenated alkanes) is 2. The van der Waals surface area contributed by atoms with Crippen molar-refractivity contribution in [1.82, 2.24) is 4.98 Å². The van der Waals surface area contributed by atoms with Crippen LogP contribution in [0.2, 0.25) is 0 Å². The smallest absolute Gasteiger partial charge is 0.128 e. The predicted molar refractivity (Wildman–Crippen MR) is 75.9 cm³/mol. The van der Waals surface area contributed by atoms with E-state index in [-0.39, 0.29) is 0 Å². The average molecular weight is 244 g/mol. The van der Waals surface area contributed by atoms with Gasteiger partial charge in [-0.2, -0.15) is 0 Å². The molecule has 0 aliphatic rings. The molecule has 0 spiro atoms. The standard InChI is InChI=1S/C15H20N2O/c1-3-4-5-6-11-7-8-12-14(18-2)10-9-13(16)15(12)17-11/h7-10H,3-6,16H2,1-2H3. The Kier molecular flexibility index (Phi) is 4.03. The summed E-state index contributed by atoms with van der Waals surface area (Å²) < 4.78 is 5.33. The van der Waals surface area contributed by atoms with E-state index >= 15 is 0 Å². The van der Waals surface area contributed by atoms with Crippen molar-refractivity contribution < 1.29 is 4.74 Å². The summed E-state index contributed by atoms with van der Waals surface area (Å²) >= 11 is 0. The quantitative estimate of drug-likeness (QED) is 0.646. The van der Waals surface area contributed by atoms with Crippen LogP contribution in [0.3, 0.4) is 0 Å². The van der Waals surface area contributed by atoms with Gasteiger partial charge in [0.15, 0.2) is 0 Å². The summed E-state index contributed by atoms with van der Waals surface area (Å²) in [5.74, 6) is 0.826. The highest BCUT2D eigenvalue weighted by Gasteiger charge is 2.06. The van der Waals surface area contributed by atoms with Gasteiger partial charge in [0.2, 0.25) is 0 Å². The van der Waals surface area contributed by atoms with Crippen LogP contribution < -0.4 is 10.5 Å². The Labute approximate surface area is 108 Å². The van der Waals surface area contributed by atoms with Crippen LogP contribution in [-0.4, -0.2) is 12.1 Å². The first-order valence-electron chi connectivity index (χ1n) is 6.48. The van der Waals surface area contributed by atoms with Crippen LogP contribution in [0.1, 0.15) is 31.9 Å². The Morgan fingerprint density at radius 3 is 2.72 bits per heavy atom. The second-order valence-corrected chi connectivity index (χ2v) is 4.51. The number of pyridine rings is 1. The van der Waals surface area contributed by atoms with Gasteiger partial charge in [-0.25, -0.2) is 0 Å². The van der Waals surface area contributed by atoms with Crippen molar-refractivity contribution in [3.05, 3.63) is 30.0 Å². The summed E-state index contributed by atoms with van der Waals surface area (Å²) in [6.07, 6.45) is 4.66. The highest BCUT2D eigenvalue weighted by atomic mass is 16.5. The lowest BCUT2D eigenvalue weighted by Crippen LogP contribution is -1.96.